The van der Waals surface area contributed by atoms with E-state index >= 15 is 0 Å². The minimum absolute atomic E-state index is 0.0224. The molecule has 2 aromatic carbocycles. The van der Waals surface area contributed by atoms with Gasteiger partial charge in [0.25, 0.3) is 0 Å². The molecular formula is C18H16BrFN2O. The van der Waals surface area contributed by atoms with Crippen molar-refractivity contribution in [2.24, 2.45) is 4.99 Å². The van der Waals surface area contributed by atoms with Gasteiger partial charge in [-0.1, -0.05) is 28.1 Å². The molecule has 0 aliphatic carbocycles. The molecule has 1 unspecified atom stereocenters. The number of hydrogen-bond acceptors (Lipinski definition) is 3. The first-order valence-electron chi connectivity index (χ1n) is 7.65. The average Bonchev–Trinajstić information content (AvgIpc) is 2.90. The van der Waals surface area contributed by atoms with Crippen molar-refractivity contribution in [2.75, 3.05) is 6.61 Å². The second-order valence-corrected chi connectivity index (χ2v) is 6.97. The zero-order valence-electron chi connectivity index (χ0n) is 12.4. The monoisotopic (exact) mass is 374 g/mol. The van der Waals surface area contributed by atoms with Gasteiger partial charge in [-0.25, -0.2) is 9.38 Å². The second kappa shape index (κ2) is 5.73. The lowest BCUT2D eigenvalue weighted by atomic mass is 9.95. The predicted molar refractivity (Wildman–Crippen MR) is 91.4 cm³/mol. The van der Waals surface area contributed by atoms with Gasteiger partial charge in [-0.15, -0.1) is 0 Å². The molecule has 3 nitrogen and oxygen atoms in total. The van der Waals surface area contributed by atoms with Crippen LogP contribution in [0.1, 0.15) is 23.5 Å². The highest BCUT2D eigenvalue weighted by molar-refractivity contribution is 9.10. The predicted octanol–water partition coefficient (Wildman–Crippen LogP) is 3.98. The SMILES string of the molecule is OC[C@@H]1CC(c2cccc(F)c2)C2=Nc3ccc(Br)cc3CN21. The smallest absolute Gasteiger partial charge is 0.123 e. The number of halogens is 2. The van der Waals surface area contributed by atoms with E-state index in [1.54, 1.807) is 12.1 Å². The van der Waals surface area contributed by atoms with E-state index < -0.39 is 0 Å². The molecule has 1 fully saturated rings. The second-order valence-electron chi connectivity index (χ2n) is 6.05. The quantitative estimate of drug-likeness (QED) is 0.862. The van der Waals surface area contributed by atoms with Crippen molar-refractivity contribution in [3.63, 3.8) is 0 Å². The van der Waals surface area contributed by atoms with E-state index in [0.717, 1.165) is 40.1 Å². The van der Waals surface area contributed by atoms with Crippen LogP contribution in [0.25, 0.3) is 0 Å². The fourth-order valence-electron chi connectivity index (χ4n) is 3.52. The Balaban J connectivity index is 1.79. The van der Waals surface area contributed by atoms with Gasteiger partial charge in [-0.3, -0.25) is 0 Å². The first kappa shape index (κ1) is 14.8. The fourth-order valence-corrected chi connectivity index (χ4v) is 3.93. The summed E-state index contributed by atoms with van der Waals surface area (Å²) in [5.74, 6) is 0.728. The Morgan fingerprint density at radius 1 is 1.26 bits per heavy atom. The first-order chi connectivity index (χ1) is 11.2. The lowest BCUT2D eigenvalue weighted by Gasteiger charge is -2.30. The van der Waals surface area contributed by atoms with Crippen LogP contribution < -0.4 is 0 Å². The van der Waals surface area contributed by atoms with Crippen molar-refractivity contribution in [1.82, 2.24) is 4.90 Å². The van der Waals surface area contributed by atoms with Crippen LogP contribution in [0.15, 0.2) is 51.9 Å². The lowest BCUT2D eigenvalue weighted by Crippen LogP contribution is -2.37. The third-order valence-corrected chi connectivity index (χ3v) is 5.13. The van der Waals surface area contributed by atoms with Gasteiger partial charge >= 0.3 is 0 Å². The fraction of sp³-hybridized carbons (Fsp3) is 0.278. The minimum Gasteiger partial charge on any atom is -0.394 e. The van der Waals surface area contributed by atoms with E-state index in [4.69, 9.17) is 4.99 Å². The van der Waals surface area contributed by atoms with Crippen LogP contribution in [0.4, 0.5) is 10.1 Å². The van der Waals surface area contributed by atoms with Crippen LogP contribution in [0.5, 0.6) is 0 Å². The van der Waals surface area contributed by atoms with Gasteiger partial charge in [-0.05, 0) is 47.9 Å². The zero-order chi connectivity index (χ0) is 16.0. The Labute approximate surface area is 142 Å². The molecule has 2 heterocycles. The lowest BCUT2D eigenvalue weighted by molar-refractivity contribution is 0.186. The molecule has 4 rings (SSSR count). The molecule has 1 N–H and O–H groups in total. The average molecular weight is 375 g/mol. The molecule has 2 aliphatic rings. The summed E-state index contributed by atoms with van der Waals surface area (Å²) in [5.41, 5.74) is 3.02. The number of hydrogen-bond donors (Lipinski definition) is 1. The minimum atomic E-state index is -0.234. The number of aliphatic hydroxyl groups is 1. The van der Waals surface area contributed by atoms with Gasteiger partial charge in [0.2, 0.25) is 0 Å². The summed E-state index contributed by atoms with van der Waals surface area (Å²) in [7, 11) is 0. The summed E-state index contributed by atoms with van der Waals surface area (Å²) in [6, 6.07) is 12.8. The molecule has 5 heteroatoms. The highest BCUT2D eigenvalue weighted by atomic mass is 79.9. The van der Waals surface area contributed by atoms with Gasteiger partial charge in [0.05, 0.1) is 18.3 Å². The first-order valence-corrected chi connectivity index (χ1v) is 8.45. The van der Waals surface area contributed by atoms with Gasteiger partial charge in [0.1, 0.15) is 11.7 Å². The zero-order valence-corrected chi connectivity index (χ0v) is 14.0. The van der Waals surface area contributed by atoms with Crippen molar-refractivity contribution in [3.05, 3.63) is 63.9 Å². The van der Waals surface area contributed by atoms with Crippen LogP contribution in [0, 0.1) is 5.82 Å². The Bertz CT molecular complexity index is 792. The van der Waals surface area contributed by atoms with Gasteiger partial charge in [0.15, 0.2) is 0 Å². The van der Waals surface area contributed by atoms with E-state index in [-0.39, 0.29) is 24.4 Å². The third-order valence-electron chi connectivity index (χ3n) is 4.63. The number of nitrogens with zero attached hydrogens (tertiary/aromatic N) is 2. The summed E-state index contributed by atoms with van der Waals surface area (Å²) >= 11 is 3.49. The van der Waals surface area contributed by atoms with E-state index in [0.29, 0.717) is 0 Å². The maximum Gasteiger partial charge on any atom is 0.123 e. The third kappa shape index (κ3) is 2.58. The van der Waals surface area contributed by atoms with Crippen molar-refractivity contribution in [1.29, 1.82) is 0 Å². The molecule has 2 aliphatic heterocycles. The number of aliphatic hydroxyl groups excluding tert-OH is 1. The molecule has 0 radical (unpaired) electrons. The Kier molecular flexibility index (Phi) is 3.70. The molecule has 2 atom stereocenters. The molecule has 23 heavy (non-hydrogen) atoms. The van der Waals surface area contributed by atoms with Crippen LogP contribution in [-0.2, 0) is 6.54 Å². The maximum absolute atomic E-state index is 13.6. The normalized spacial score (nSPS) is 22.6. The van der Waals surface area contributed by atoms with Gasteiger partial charge in [-0.2, -0.15) is 0 Å². The molecule has 0 aromatic heterocycles. The molecule has 2 aromatic rings. The number of rotatable bonds is 2. The molecule has 1 saturated heterocycles. The molecular weight excluding hydrogens is 359 g/mol. The van der Waals surface area contributed by atoms with E-state index in [1.807, 2.05) is 18.2 Å². The summed E-state index contributed by atoms with van der Waals surface area (Å²) in [6.07, 6.45) is 0.758. The topological polar surface area (TPSA) is 35.8 Å². The summed E-state index contributed by atoms with van der Waals surface area (Å²) in [5, 5.41) is 9.75. The molecule has 0 saturated carbocycles. The van der Waals surface area contributed by atoms with E-state index in [2.05, 4.69) is 26.9 Å². The number of aliphatic imine (C=N–C) groups is 1. The van der Waals surface area contributed by atoms with Crippen LogP contribution in [-0.4, -0.2) is 28.5 Å². The summed E-state index contributed by atoms with van der Waals surface area (Å²) in [4.78, 5) is 6.98. The Morgan fingerprint density at radius 2 is 2.13 bits per heavy atom. The Hall–Kier alpha value is -1.72. The van der Waals surface area contributed by atoms with Crippen LogP contribution in [0.3, 0.4) is 0 Å². The molecule has 118 valence electrons. The van der Waals surface area contributed by atoms with Crippen molar-refractivity contribution < 1.29 is 9.50 Å². The largest absolute Gasteiger partial charge is 0.394 e. The summed E-state index contributed by atoms with van der Waals surface area (Å²) in [6.45, 7) is 0.804. The van der Waals surface area contributed by atoms with Crippen molar-refractivity contribution in [3.8, 4) is 0 Å². The van der Waals surface area contributed by atoms with Crippen LogP contribution >= 0.6 is 15.9 Å². The van der Waals surface area contributed by atoms with Crippen molar-refractivity contribution in [2.45, 2.75) is 24.9 Å². The number of fused-ring (bicyclic) bond motifs is 2. The highest BCUT2D eigenvalue weighted by Crippen LogP contribution is 2.41. The van der Waals surface area contributed by atoms with Gasteiger partial charge < -0.3 is 10.0 Å². The van der Waals surface area contributed by atoms with E-state index in [9.17, 15) is 9.50 Å². The van der Waals surface area contributed by atoms with Crippen molar-refractivity contribution >= 4 is 27.5 Å². The maximum atomic E-state index is 13.6. The van der Waals surface area contributed by atoms with E-state index in [1.165, 1.54) is 6.07 Å². The van der Waals surface area contributed by atoms with Crippen LogP contribution in [0.2, 0.25) is 0 Å². The molecule has 0 bridgehead atoms. The molecule has 0 amide bonds. The molecule has 0 spiro atoms. The highest BCUT2D eigenvalue weighted by Gasteiger charge is 2.40. The standard InChI is InChI=1S/C18H16BrFN2O/c19-13-4-5-17-12(6-13)9-22-15(10-23)8-16(18(22)21-17)11-2-1-3-14(20)7-11/h1-7,15-16,23H,8-10H2/t15-,16?/m0/s1. The number of amidine groups is 1. The summed E-state index contributed by atoms with van der Waals surface area (Å²) < 4.78 is 14.6. The Morgan fingerprint density at radius 3 is 2.91 bits per heavy atom. The van der Waals surface area contributed by atoms with Gasteiger partial charge in [0, 0.05) is 16.9 Å². The number of benzene rings is 2.